The summed E-state index contributed by atoms with van der Waals surface area (Å²) in [6.07, 6.45) is 9.88. The molecule has 1 atom stereocenters. The topological polar surface area (TPSA) is 120 Å². The van der Waals surface area contributed by atoms with Gasteiger partial charge in [0.2, 0.25) is 11.7 Å². The lowest BCUT2D eigenvalue weighted by Gasteiger charge is -2.35. The number of methoxy groups -OCH3 is 3. The number of ketones is 1. The molecule has 0 saturated heterocycles. The molecular weight excluding hydrogens is 704 g/mol. The third-order valence-electron chi connectivity index (χ3n) is 9.44. The van der Waals surface area contributed by atoms with Crippen LogP contribution in [0.5, 0.6) is 17.2 Å². The molecule has 0 saturated carbocycles. The van der Waals surface area contributed by atoms with Crippen molar-refractivity contribution in [2.24, 2.45) is 0 Å². The molecule has 0 aliphatic rings. The maximum absolute atomic E-state index is 15.1. The zero-order valence-corrected chi connectivity index (χ0v) is 31.7. The van der Waals surface area contributed by atoms with E-state index >= 15 is 4.79 Å². The van der Waals surface area contributed by atoms with E-state index in [2.05, 4.69) is 15.3 Å². The zero-order chi connectivity index (χ0) is 38.5. The molecule has 11 heteroatoms. The van der Waals surface area contributed by atoms with Gasteiger partial charge in [0.15, 0.2) is 11.5 Å². The summed E-state index contributed by atoms with van der Waals surface area (Å²) >= 11 is 6.22. The quantitative estimate of drug-likeness (QED) is 0.0749. The molecule has 0 spiro atoms. The highest BCUT2D eigenvalue weighted by Gasteiger charge is 2.34. The molecule has 0 bridgehead atoms. The van der Waals surface area contributed by atoms with Crippen LogP contribution < -0.4 is 19.5 Å². The Bertz CT molecular complexity index is 1950. The normalized spacial score (nSPS) is 11.4. The standard InChI is InChI=1S/C43H45ClN4O6/c1-29-36(27-38(52-2)41(54-4)40(29)53-3)39(49)42(50)47-37(26-32-10-14-34(44)15-11-32)43(51)48(28-33-8-6-5-7-9-33)35(16-12-30-18-22-45-23-19-30)17-13-31-20-24-46-25-21-31/h5-11,14-15,18-25,27,35,37H,12-13,16-17,26,28H2,1-4H3,(H,47,50)/t37-/m0/s1. The summed E-state index contributed by atoms with van der Waals surface area (Å²) in [5.41, 5.74) is 4.36. The Morgan fingerprint density at radius 1 is 0.722 bits per heavy atom. The van der Waals surface area contributed by atoms with Gasteiger partial charge in [0, 0.05) is 59.9 Å². The Balaban J connectivity index is 1.53. The van der Waals surface area contributed by atoms with Crippen molar-refractivity contribution >= 4 is 29.2 Å². The number of nitrogens with zero attached hydrogens (tertiary/aromatic N) is 3. The van der Waals surface area contributed by atoms with Crippen LogP contribution in [0.1, 0.15) is 51.0 Å². The molecule has 1 N–H and O–H groups in total. The first-order valence-corrected chi connectivity index (χ1v) is 18.1. The number of nitrogens with one attached hydrogen (secondary N) is 1. The van der Waals surface area contributed by atoms with Gasteiger partial charge in [0.1, 0.15) is 6.04 Å². The number of pyridine rings is 2. The summed E-state index contributed by atoms with van der Waals surface area (Å²) in [6, 6.07) is 24.9. The molecule has 5 aromatic rings. The summed E-state index contributed by atoms with van der Waals surface area (Å²) in [4.78, 5) is 53.3. The smallest absolute Gasteiger partial charge is 0.293 e. The Morgan fingerprint density at radius 3 is 1.83 bits per heavy atom. The minimum Gasteiger partial charge on any atom is -0.493 e. The highest BCUT2D eigenvalue weighted by Crippen LogP contribution is 2.41. The first-order chi connectivity index (χ1) is 26.2. The summed E-state index contributed by atoms with van der Waals surface area (Å²) < 4.78 is 16.5. The number of carbonyl (C=O) groups is 3. The van der Waals surface area contributed by atoms with Gasteiger partial charge in [-0.2, -0.15) is 0 Å². The van der Waals surface area contributed by atoms with Crippen molar-refractivity contribution in [1.82, 2.24) is 20.2 Å². The van der Waals surface area contributed by atoms with Crippen molar-refractivity contribution in [3.05, 3.63) is 148 Å². The van der Waals surface area contributed by atoms with E-state index in [1.165, 1.54) is 27.4 Å². The molecule has 2 amide bonds. The van der Waals surface area contributed by atoms with Crippen molar-refractivity contribution in [2.75, 3.05) is 21.3 Å². The lowest BCUT2D eigenvalue weighted by Crippen LogP contribution is -2.54. The number of aromatic nitrogens is 2. The lowest BCUT2D eigenvalue weighted by molar-refractivity contribution is -0.138. The van der Waals surface area contributed by atoms with Gasteiger partial charge in [-0.25, -0.2) is 0 Å². The monoisotopic (exact) mass is 748 g/mol. The van der Waals surface area contributed by atoms with Gasteiger partial charge in [-0.05, 0) is 97.3 Å². The molecular formula is C43H45ClN4O6. The van der Waals surface area contributed by atoms with Crippen LogP contribution in [0.25, 0.3) is 0 Å². The number of halogens is 1. The molecule has 2 aromatic heterocycles. The Labute approximate surface area is 321 Å². The summed E-state index contributed by atoms with van der Waals surface area (Å²) in [6.45, 7) is 1.96. The molecule has 54 heavy (non-hydrogen) atoms. The van der Waals surface area contributed by atoms with E-state index in [-0.39, 0.29) is 35.4 Å². The SMILES string of the molecule is COc1cc(C(=O)C(=O)N[C@@H](Cc2ccc(Cl)cc2)C(=O)N(Cc2ccccc2)C(CCc2ccncc2)CCc2ccncc2)c(C)c(OC)c1OC. The van der Waals surface area contributed by atoms with Crippen molar-refractivity contribution in [2.45, 2.75) is 57.7 Å². The van der Waals surface area contributed by atoms with Gasteiger partial charge in [-0.3, -0.25) is 24.4 Å². The molecule has 0 unspecified atom stereocenters. The van der Waals surface area contributed by atoms with Gasteiger partial charge in [-0.15, -0.1) is 0 Å². The van der Waals surface area contributed by atoms with Crippen LogP contribution >= 0.6 is 11.6 Å². The van der Waals surface area contributed by atoms with Crippen LogP contribution in [0, 0.1) is 6.92 Å². The lowest BCUT2D eigenvalue weighted by atomic mass is 9.95. The maximum Gasteiger partial charge on any atom is 0.293 e. The van der Waals surface area contributed by atoms with Crippen LogP contribution in [-0.4, -0.2) is 65.9 Å². The molecule has 0 radical (unpaired) electrons. The second-order valence-electron chi connectivity index (χ2n) is 12.9. The van der Waals surface area contributed by atoms with E-state index in [0.717, 1.165) is 22.3 Å². The molecule has 0 aliphatic heterocycles. The fourth-order valence-electron chi connectivity index (χ4n) is 6.53. The molecule has 2 heterocycles. The number of Topliss-reactive ketones (excluding diaryl/α,β-unsaturated/α-hetero) is 1. The van der Waals surface area contributed by atoms with Crippen molar-refractivity contribution in [3.63, 3.8) is 0 Å². The van der Waals surface area contributed by atoms with E-state index < -0.39 is 17.7 Å². The summed E-state index contributed by atoms with van der Waals surface area (Å²) in [7, 11) is 4.34. The van der Waals surface area contributed by atoms with Gasteiger partial charge >= 0.3 is 0 Å². The molecule has 0 fully saturated rings. The first kappa shape index (κ1) is 39.5. The Kier molecular flexibility index (Phi) is 14.2. The number of rotatable bonds is 18. The number of amides is 2. The Hall–Kier alpha value is -5.74. The van der Waals surface area contributed by atoms with Crippen LogP contribution in [0.3, 0.4) is 0 Å². The molecule has 3 aromatic carbocycles. The van der Waals surface area contributed by atoms with Gasteiger partial charge in [-0.1, -0.05) is 54.1 Å². The van der Waals surface area contributed by atoms with Crippen LogP contribution in [0.15, 0.2) is 110 Å². The van der Waals surface area contributed by atoms with E-state index in [0.29, 0.717) is 48.6 Å². The van der Waals surface area contributed by atoms with Gasteiger partial charge in [0.25, 0.3) is 11.7 Å². The van der Waals surface area contributed by atoms with E-state index in [1.54, 1.807) is 43.8 Å². The highest BCUT2D eigenvalue weighted by molar-refractivity contribution is 6.43. The number of aryl methyl sites for hydroxylation is 2. The largest absolute Gasteiger partial charge is 0.493 e. The van der Waals surface area contributed by atoms with Gasteiger partial charge in [0.05, 0.1) is 21.3 Å². The average molecular weight is 749 g/mol. The van der Waals surface area contributed by atoms with E-state index in [4.69, 9.17) is 25.8 Å². The van der Waals surface area contributed by atoms with Crippen LogP contribution in [0.2, 0.25) is 5.02 Å². The maximum atomic E-state index is 15.1. The number of hydrogen-bond donors (Lipinski definition) is 1. The second-order valence-corrected chi connectivity index (χ2v) is 13.3. The average Bonchev–Trinajstić information content (AvgIpc) is 3.21. The van der Waals surface area contributed by atoms with Crippen LogP contribution in [0.4, 0.5) is 0 Å². The molecule has 0 aliphatic carbocycles. The predicted molar refractivity (Wildman–Crippen MR) is 208 cm³/mol. The van der Waals surface area contributed by atoms with E-state index in [9.17, 15) is 9.59 Å². The zero-order valence-electron chi connectivity index (χ0n) is 31.0. The second kappa shape index (κ2) is 19.4. The fraction of sp³-hybridized carbons (Fsp3) is 0.279. The minimum atomic E-state index is -1.10. The number of carbonyl (C=O) groups excluding carboxylic acids is 3. The van der Waals surface area contributed by atoms with Crippen LogP contribution in [-0.2, 0) is 35.4 Å². The van der Waals surface area contributed by atoms with Crippen molar-refractivity contribution in [3.8, 4) is 17.2 Å². The Morgan fingerprint density at radius 2 is 1.30 bits per heavy atom. The first-order valence-electron chi connectivity index (χ1n) is 17.7. The summed E-state index contributed by atoms with van der Waals surface area (Å²) in [5.74, 6) is -1.31. The van der Waals surface area contributed by atoms with Crippen molar-refractivity contribution in [1.29, 1.82) is 0 Å². The molecule has 280 valence electrons. The molecule has 10 nitrogen and oxygen atoms in total. The minimum absolute atomic E-state index is 0.0633. The number of hydrogen-bond acceptors (Lipinski definition) is 8. The number of benzene rings is 3. The summed E-state index contributed by atoms with van der Waals surface area (Å²) in [5, 5.41) is 3.37. The predicted octanol–water partition coefficient (Wildman–Crippen LogP) is 7.04. The fourth-order valence-corrected chi connectivity index (χ4v) is 6.65. The van der Waals surface area contributed by atoms with E-state index in [1.807, 2.05) is 71.6 Å². The third kappa shape index (κ3) is 10.2. The highest BCUT2D eigenvalue weighted by atomic mass is 35.5. The third-order valence-corrected chi connectivity index (χ3v) is 9.69. The molecule has 5 rings (SSSR count). The number of ether oxygens (including phenoxy) is 3. The van der Waals surface area contributed by atoms with Crippen molar-refractivity contribution < 1.29 is 28.6 Å². The van der Waals surface area contributed by atoms with Gasteiger partial charge < -0.3 is 24.4 Å².